The summed E-state index contributed by atoms with van der Waals surface area (Å²) in [5, 5.41) is 10.3. The van der Waals surface area contributed by atoms with Crippen molar-refractivity contribution in [2.75, 3.05) is 0 Å². The topological polar surface area (TPSA) is 310 Å². The summed E-state index contributed by atoms with van der Waals surface area (Å²) < 4.78 is 536. The summed E-state index contributed by atoms with van der Waals surface area (Å²) in [6, 6.07) is 0. The lowest BCUT2D eigenvalue weighted by molar-refractivity contribution is -0.261. The van der Waals surface area contributed by atoms with Gasteiger partial charge in [-0.25, -0.2) is 0 Å². The molecule has 0 spiro atoms. The van der Waals surface area contributed by atoms with Gasteiger partial charge in [-0.3, -0.25) is 52.7 Å². The zero-order valence-corrected chi connectivity index (χ0v) is 78.7. The Balaban J connectivity index is 11.4. The minimum absolute atomic E-state index is 0.000368. The Morgan fingerprint density at radius 3 is 0.435 bits per heavy atom. The van der Waals surface area contributed by atoms with E-state index in [-0.39, 0.29) is 132 Å². The van der Waals surface area contributed by atoms with Crippen LogP contribution in [0.3, 0.4) is 0 Å². The van der Waals surface area contributed by atoms with E-state index < -0.39 is 343 Å². The van der Waals surface area contributed by atoms with Crippen molar-refractivity contribution in [2.24, 2.45) is 59.6 Å². The average molecular weight is 2090 g/mol. The minimum atomic E-state index is -6.05. The fourth-order valence-electron chi connectivity index (χ4n) is 15.8. The molecule has 0 heterocycles. The molecule has 0 aromatic rings. The van der Waals surface area contributed by atoms with Gasteiger partial charge in [-0.05, 0) is 237 Å². The molecule has 0 amide bonds. The molecule has 1 N–H and O–H groups in total. The van der Waals surface area contributed by atoms with E-state index in [0.29, 0.717) is 34.6 Å². The van der Waals surface area contributed by atoms with Gasteiger partial charge in [0.05, 0.1) is 59.6 Å². The molecule has 56 heteroatoms. The molecule has 22 unspecified atom stereocenters. The third-order valence-corrected chi connectivity index (χ3v) is 23.2. The van der Waals surface area contributed by atoms with Crippen LogP contribution in [0.1, 0.15) is 250 Å². The highest BCUT2D eigenvalue weighted by atomic mass is 19.5. The minimum Gasteiger partial charge on any atom is -0.462 e. The average Bonchev–Trinajstić information content (AvgIpc) is 0.739. The predicted octanol–water partition coefficient (Wildman–Crippen LogP) is 22.0. The van der Waals surface area contributed by atoms with Crippen LogP contribution in [0.15, 0.2) is 0 Å². The lowest BCUT2D eigenvalue weighted by atomic mass is 9.55. The third kappa shape index (κ3) is 36.0. The quantitative estimate of drug-likeness (QED) is 0.0336. The number of carbonyl (C=O) groups is 11. The molecule has 808 valence electrons. The van der Waals surface area contributed by atoms with Gasteiger partial charge in [-0.2, -0.15) is 145 Å². The van der Waals surface area contributed by atoms with E-state index in [1.54, 1.807) is 0 Å². The van der Waals surface area contributed by atoms with E-state index in [2.05, 4.69) is 37.9 Å². The summed E-state index contributed by atoms with van der Waals surface area (Å²) in [4.78, 5) is 166. The van der Waals surface area contributed by atoms with Gasteiger partial charge < -0.3 is 57.2 Å². The first-order valence-electron chi connectivity index (χ1n) is 41.2. The van der Waals surface area contributed by atoms with E-state index in [1.165, 1.54) is 0 Å². The van der Waals surface area contributed by atoms with Crippen LogP contribution in [0, 0.1) is 59.6 Å². The van der Waals surface area contributed by atoms with E-state index >= 15 is 73.1 Å². The van der Waals surface area contributed by atoms with E-state index in [4.69, 9.17) is 14.2 Å². The number of halogens is 33. The second-order valence-corrected chi connectivity index (χ2v) is 38.7. The molecule has 0 aliphatic rings. The zero-order chi connectivity index (χ0) is 110. The third-order valence-electron chi connectivity index (χ3n) is 23.2. The number of esters is 11. The van der Waals surface area contributed by atoms with Crippen LogP contribution in [0.4, 0.5) is 145 Å². The van der Waals surface area contributed by atoms with Crippen LogP contribution in [0.5, 0.6) is 0 Å². The van der Waals surface area contributed by atoms with Crippen molar-refractivity contribution in [1.29, 1.82) is 0 Å². The number of aliphatic hydroxyl groups is 1. The second kappa shape index (κ2) is 44.0. The van der Waals surface area contributed by atoms with Crippen molar-refractivity contribution in [3.8, 4) is 0 Å². The smallest absolute Gasteiger partial charge is 0.425 e. The van der Waals surface area contributed by atoms with Crippen LogP contribution in [0.25, 0.3) is 0 Å². The Bertz CT molecular complexity index is 4160. The Hall–Kier alpha value is -8.18. The highest BCUT2D eigenvalue weighted by Gasteiger charge is 2.66. The normalized spacial score (nSPS) is 20.7. The van der Waals surface area contributed by atoms with E-state index in [9.17, 15) is 130 Å². The fraction of sp³-hybridized carbons (Fsp3) is 0.866. The molecule has 0 saturated carbocycles. The first kappa shape index (κ1) is 130. The predicted molar refractivity (Wildman–Crippen MR) is 404 cm³/mol. The molecule has 0 radical (unpaired) electrons. The summed E-state index contributed by atoms with van der Waals surface area (Å²) >= 11 is 0. The van der Waals surface area contributed by atoms with Gasteiger partial charge in [0.2, 0.25) is 0 Å². The molecule has 138 heavy (non-hydrogen) atoms. The highest BCUT2D eigenvalue weighted by Crippen LogP contribution is 2.60. The molecule has 0 aromatic heterocycles. The van der Waals surface area contributed by atoms with E-state index in [0.717, 1.165) is 6.92 Å². The number of hydrogen-bond donors (Lipinski definition) is 1. The zero-order valence-electron chi connectivity index (χ0n) is 78.7. The van der Waals surface area contributed by atoms with Crippen molar-refractivity contribution in [3.05, 3.63) is 0 Å². The molecule has 23 nitrogen and oxygen atoms in total. The molecule has 0 saturated heterocycles. The van der Waals surface area contributed by atoms with Crippen LogP contribution in [-0.4, -0.2) is 211 Å². The number of rotatable bonds is 45. The lowest BCUT2D eigenvalue weighted by Gasteiger charge is -2.48. The first-order chi connectivity index (χ1) is 60.4. The van der Waals surface area contributed by atoms with Gasteiger partial charge >= 0.3 is 134 Å². The van der Waals surface area contributed by atoms with Crippen molar-refractivity contribution in [2.45, 2.75) is 391 Å². The molecule has 0 aliphatic heterocycles. The molecule has 22 atom stereocenters. The van der Waals surface area contributed by atoms with Gasteiger partial charge in [0.1, 0.15) is 6.10 Å². The van der Waals surface area contributed by atoms with Crippen molar-refractivity contribution < 1.29 is 255 Å². The summed E-state index contributed by atoms with van der Waals surface area (Å²) in [6.07, 6.45) is -128. The van der Waals surface area contributed by atoms with Gasteiger partial charge in [0.15, 0.2) is 66.6 Å². The number of alkyl halides is 33. The van der Waals surface area contributed by atoms with Crippen LogP contribution in [-0.2, 0) is 105 Å². The highest BCUT2D eigenvalue weighted by molar-refractivity contribution is 5.89. The molecule has 0 aromatic carbocycles. The maximum absolute atomic E-state index is 15.6. The molecular formula is C82H111F33O23. The lowest BCUT2D eigenvalue weighted by Crippen LogP contribution is -2.53. The standard InChI is InChI=1S/C82H111F33O23/c1-26-61(15,50(117)128-38(2)27-71(25,127)82(113,114)115)29-63(17,52(119)131-41(5)74(89,90)91)31-65(19,54(121)133-43(7)76(95,96)97)33-67(21,56(123)135-45(9)78(101,102)103)35-69(23,58(125)137-47(11)80(107,108)109)37-70(24,59(126)138-48(12)81(110,111)112)36-68(22,57(124)136-46(10)79(104,105)106)34-66(20,55(122)134-44(8)77(98,99)100)32-64(18,53(120)132-42(6)75(92,93)94)30-62(16,51(118)130-40(4)73(86,87)88)28-60(13,14)49(116)129-39(3)72(83,84)85/h38-48,127H,26-37H2,1-25H3. The Morgan fingerprint density at radius 1 is 0.196 bits per heavy atom. The van der Waals surface area contributed by atoms with Gasteiger partial charge in [0.25, 0.3) is 0 Å². The number of ether oxygens (including phenoxy) is 11. The Morgan fingerprint density at radius 2 is 0.312 bits per heavy atom. The summed E-state index contributed by atoms with van der Waals surface area (Å²) in [6.45, 7) is 3.83. The molecular weight excluding hydrogens is 1980 g/mol. The first-order valence-corrected chi connectivity index (χ1v) is 41.2. The largest absolute Gasteiger partial charge is 0.462 e. The van der Waals surface area contributed by atoms with Gasteiger partial charge in [-0.1, -0.05) is 6.92 Å². The van der Waals surface area contributed by atoms with Crippen LogP contribution < -0.4 is 0 Å². The summed E-state index contributed by atoms with van der Waals surface area (Å²) in [5.74, 6) is -28.4. The Kier molecular flexibility index (Phi) is 41.3. The van der Waals surface area contributed by atoms with Crippen molar-refractivity contribution >= 4 is 65.7 Å². The van der Waals surface area contributed by atoms with Gasteiger partial charge in [-0.15, -0.1) is 0 Å². The molecule has 0 aliphatic carbocycles. The SMILES string of the molecule is CCC(C)(CC(C)(CC(C)(CC(C)(CC(C)(CC(C)(CC(C)(CC(C)(CC(C)(CC(C)(CC(C)(C)C(=O)OC(C)C(F)(F)F)C(=O)OC(C)C(F)(F)F)C(=O)OC(C)C(F)(F)F)C(=O)OC(C)C(F)(F)F)C(=O)OC(C)C(F)(F)F)C(=O)OC(C)C(F)(F)F)C(=O)OC(C)C(F)(F)F)C(=O)OC(C)C(F)(F)F)C(=O)OC(C)C(F)(F)F)C(=O)OC(C)C(F)(F)F)C(=O)OC(C)CC(C)(O)C(F)(F)F. The van der Waals surface area contributed by atoms with Crippen LogP contribution >= 0.6 is 0 Å². The second-order valence-electron chi connectivity index (χ2n) is 38.7. The summed E-state index contributed by atoms with van der Waals surface area (Å²) in [7, 11) is 0. The Labute approximate surface area is 769 Å². The molecule has 0 fully saturated rings. The molecule has 0 bridgehead atoms. The van der Waals surface area contributed by atoms with Crippen molar-refractivity contribution in [1.82, 2.24) is 0 Å². The van der Waals surface area contributed by atoms with E-state index in [1.807, 2.05) is 0 Å². The number of carbonyl (C=O) groups excluding carboxylic acids is 11. The molecule has 0 rings (SSSR count). The maximum Gasteiger partial charge on any atom is 0.425 e. The van der Waals surface area contributed by atoms with Crippen molar-refractivity contribution in [3.63, 3.8) is 0 Å². The van der Waals surface area contributed by atoms with Gasteiger partial charge in [0, 0.05) is 6.42 Å². The summed E-state index contributed by atoms with van der Waals surface area (Å²) in [5.41, 5.74) is -44.6. The number of hydrogen-bond acceptors (Lipinski definition) is 23. The monoisotopic (exact) mass is 2090 g/mol. The fourth-order valence-corrected chi connectivity index (χ4v) is 15.8. The van der Waals surface area contributed by atoms with Crippen LogP contribution in [0.2, 0.25) is 0 Å². The maximum atomic E-state index is 15.6.